The average Bonchev–Trinajstić information content (AvgIpc) is 2.82. The van der Waals surface area contributed by atoms with E-state index in [2.05, 4.69) is 26.7 Å². The molecule has 0 spiro atoms. The van der Waals surface area contributed by atoms with Crippen LogP contribution in [-0.4, -0.2) is 26.0 Å². The maximum absolute atomic E-state index is 6.20. The van der Waals surface area contributed by atoms with Gasteiger partial charge in [-0.15, -0.1) is 10.2 Å². The van der Waals surface area contributed by atoms with Crippen molar-refractivity contribution in [3.63, 3.8) is 0 Å². The first-order valence-electron chi connectivity index (χ1n) is 5.88. The molecule has 0 fully saturated rings. The van der Waals surface area contributed by atoms with Gasteiger partial charge in [-0.3, -0.25) is 4.98 Å². The Balaban J connectivity index is 2.18. The molecule has 2 aromatic heterocycles. The van der Waals surface area contributed by atoms with Crippen LogP contribution in [0, 0.1) is 0 Å². The lowest BCUT2D eigenvalue weighted by Crippen LogP contribution is -2.19. The molecule has 0 saturated carbocycles. The molecule has 0 bridgehead atoms. The standard InChI is InChI=1S/C12H17N5S/c1-3-17-11(15-16-12(17)18-2)10(13)8-9-6-4-5-7-14-9/h4-7,10H,3,8,13H2,1-2H3. The molecule has 0 aliphatic heterocycles. The van der Waals surface area contributed by atoms with Gasteiger partial charge < -0.3 is 10.3 Å². The molecule has 0 saturated heterocycles. The van der Waals surface area contributed by atoms with E-state index in [9.17, 15) is 0 Å². The largest absolute Gasteiger partial charge is 0.321 e. The van der Waals surface area contributed by atoms with Crippen molar-refractivity contribution in [1.29, 1.82) is 0 Å². The summed E-state index contributed by atoms with van der Waals surface area (Å²) in [5, 5.41) is 9.24. The summed E-state index contributed by atoms with van der Waals surface area (Å²) in [5.74, 6) is 0.826. The summed E-state index contributed by atoms with van der Waals surface area (Å²) >= 11 is 1.58. The van der Waals surface area contributed by atoms with Gasteiger partial charge in [-0.25, -0.2) is 0 Å². The van der Waals surface area contributed by atoms with Crippen molar-refractivity contribution in [1.82, 2.24) is 19.7 Å². The van der Waals surface area contributed by atoms with Gasteiger partial charge in [0.2, 0.25) is 0 Å². The fourth-order valence-electron chi connectivity index (χ4n) is 1.86. The molecule has 0 aromatic carbocycles. The first kappa shape index (κ1) is 13.0. The molecular weight excluding hydrogens is 246 g/mol. The molecule has 96 valence electrons. The van der Waals surface area contributed by atoms with Crippen LogP contribution in [0.3, 0.4) is 0 Å². The molecule has 0 aliphatic carbocycles. The van der Waals surface area contributed by atoms with Crippen LogP contribution in [-0.2, 0) is 13.0 Å². The number of nitrogens with zero attached hydrogens (tertiary/aromatic N) is 4. The highest BCUT2D eigenvalue weighted by Crippen LogP contribution is 2.19. The van der Waals surface area contributed by atoms with Crippen molar-refractivity contribution in [2.24, 2.45) is 5.73 Å². The zero-order chi connectivity index (χ0) is 13.0. The van der Waals surface area contributed by atoms with E-state index >= 15 is 0 Å². The van der Waals surface area contributed by atoms with E-state index in [0.29, 0.717) is 6.42 Å². The minimum absolute atomic E-state index is 0.173. The van der Waals surface area contributed by atoms with Crippen LogP contribution in [0.2, 0.25) is 0 Å². The van der Waals surface area contributed by atoms with Crippen molar-refractivity contribution < 1.29 is 0 Å². The van der Waals surface area contributed by atoms with Crippen molar-refractivity contribution in [2.45, 2.75) is 31.1 Å². The number of pyridine rings is 1. The first-order valence-corrected chi connectivity index (χ1v) is 7.11. The van der Waals surface area contributed by atoms with Gasteiger partial charge in [0.25, 0.3) is 0 Å². The van der Waals surface area contributed by atoms with Crippen molar-refractivity contribution in [3.05, 3.63) is 35.9 Å². The highest BCUT2D eigenvalue weighted by Gasteiger charge is 2.17. The number of hydrogen-bond acceptors (Lipinski definition) is 5. The third kappa shape index (κ3) is 2.70. The molecule has 2 aromatic rings. The van der Waals surface area contributed by atoms with E-state index in [1.807, 2.05) is 24.5 Å². The van der Waals surface area contributed by atoms with E-state index < -0.39 is 0 Å². The summed E-state index contributed by atoms with van der Waals surface area (Å²) in [6.45, 7) is 2.90. The van der Waals surface area contributed by atoms with Gasteiger partial charge in [0.1, 0.15) is 0 Å². The van der Waals surface area contributed by atoms with Crippen LogP contribution in [0.1, 0.15) is 24.5 Å². The van der Waals surface area contributed by atoms with Gasteiger partial charge in [0.15, 0.2) is 11.0 Å². The third-order valence-electron chi connectivity index (χ3n) is 2.73. The van der Waals surface area contributed by atoms with E-state index in [4.69, 9.17) is 5.73 Å². The highest BCUT2D eigenvalue weighted by atomic mass is 32.2. The summed E-state index contributed by atoms with van der Waals surface area (Å²) in [6.07, 6.45) is 4.44. The second-order valence-corrected chi connectivity index (χ2v) is 4.69. The Hall–Kier alpha value is -1.40. The Bertz CT molecular complexity index is 496. The summed E-state index contributed by atoms with van der Waals surface area (Å²) in [7, 11) is 0. The van der Waals surface area contributed by atoms with Crippen molar-refractivity contribution >= 4 is 11.8 Å². The molecule has 1 unspecified atom stereocenters. The third-order valence-corrected chi connectivity index (χ3v) is 3.40. The van der Waals surface area contributed by atoms with Gasteiger partial charge in [0.05, 0.1) is 6.04 Å². The summed E-state index contributed by atoms with van der Waals surface area (Å²) in [6, 6.07) is 5.66. The molecule has 2 rings (SSSR count). The molecule has 2 heterocycles. The highest BCUT2D eigenvalue weighted by molar-refractivity contribution is 7.98. The molecule has 0 aliphatic rings. The fraction of sp³-hybridized carbons (Fsp3) is 0.417. The molecule has 6 heteroatoms. The van der Waals surface area contributed by atoms with Crippen LogP contribution < -0.4 is 5.73 Å². The zero-order valence-corrected chi connectivity index (χ0v) is 11.4. The van der Waals surface area contributed by atoms with Crippen molar-refractivity contribution in [3.8, 4) is 0 Å². The quantitative estimate of drug-likeness (QED) is 0.831. The summed E-state index contributed by atoms with van der Waals surface area (Å²) in [4.78, 5) is 4.28. The molecule has 2 N–H and O–H groups in total. The van der Waals surface area contributed by atoms with Crippen LogP contribution in [0.4, 0.5) is 0 Å². The topological polar surface area (TPSA) is 69.6 Å². The van der Waals surface area contributed by atoms with E-state index in [-0.39, 0.29) is 6.04 Å². The molecule has 5 nitrogen and oxygen atoms in total. The molecule has 0 amide bonds. The van der Waals surface area contributed by atoms with Gasteiger partial charge in [-0.05, 0) is 25.3 Å². The molecule has 1 atom stereocenters. The number of nitrogens with two attached hydrogens (primary N) is 1. The molecular formula is C12H17N5S. The van der Waals surface area contributed by atoms with E-state index in [1.54, 1.807) is 18.0 Å². The Morgan fingerprint density at radius 1 is 1.39 bits per heavy atom. The number of aromatic nitrogens is 4. The average molecular weight is 263 g/mol. The van der Waals surface area contributed by atoms with E-state index in [0.717, 1.165) is 23.2 Å². The number of hydrogen-bond donors (Lipinski definition) is 1. The van der Waals surface area contributed by atoms with Crippen LogP contribution >= 0.6 is 11.8 Å². The lowest BCUT2D eigenvalue weighted by Gasteiger charge is -2.12. The van der Waals surface area contributed by atoms with Crippen LogP contribution in [0.5, 0.6) is 0 Å². The lowest BCUT2D eigenvalue weighted by molar-refractivity contribution is 0.572. The van der Waals surface area contributed by atoms with Gasteiger partial charge >= 0.3 is 0 Å². The minimum atomic E-state index is -0.173. The first-order chi connectivity index (χ1) is 8.76. The fourth-order valence-corrected chi connectivity index (χ4v) is 2.42. The second-order valence-electron chi connectivity index (χ2n) is 3.92. The maximum atomic E-state index is 6.20. The lowest BCUT2D eigenvalue weighted by atomic mass is 10.1. The van der Waals surface area contributed by atoms with Gasteiger partial charge in [-0.1, -0.05) is 17.8 Å². The molecule has 0 radical (unpaired) electrons. The molecule has 18 heavy (non-hydrogen) atoms. The predicted octanol–water partition coefficient (Wildman–Crippen LogP) is 1.66. The van der Waals surface area contributed by atoms with Crippen molar-refractivity contribution in [2.75, 3.05) is 6.26 Å². The normalized spacial score (nSPS) is 12.6. The number of rotatable bonds is 5. The smallest absolute Gasteiger partial charge is 0.190 e. The van der Waals surface area contributed by atoms with Crippen LogP contribution in [0.15, 0.2) is 29.6 Å². The zero-order valence-electron chi connectivity index (χ0n) is 10.6. The van der Waals surface area contributed by atoms with Gasteiger partial charge in [-0.2, -0.15) is 0 Å². The Kier molecular flexibility index (Phi) is 4.33. The van der Waals surface area contributed by atoms with Gasteiger partial charge in [0, 0.05) is 24.9 Å². The predicted molar refractivity (Wildman–Crippen MR) is 72.3 cm³/mol. The van der Waals surface area contributed by atoms with Crippen LogP contribution in [0.25, 0.3) is 0 Å². The summed E-state index contributed by atoms with van der Waals surface area (Å²) < 4.78 is 2.05. The minimum Gasteiger partial charge on any atom is -0.321 e. The number of thioether (sulfide) groups is 1. The Labute approximate surface area is 111 Å². The van der Waals surface area contributed by atoms with E-state index in [1.165, 1.54) is 0 Å². The SMILES string of the molecule is CCn1c(SC)nnc1C(N)Cc1ccccn1. The maximum Gasteiger partial charge on any atom is 0.190 e. The second kappa shape index (κ2) is 5.97. The Morgan fingerprint density at radius 2 is 2.22 bits per heavy atom. The Morgan fingerprint density at radius 3 is 2.83 bits per heavy atom. The monoisotopic (exact) mass is 263 g/mol. The summed E-state index contributed by atoms with van der Waals surface area (Å²) in [5.41, 5.74) is 7.17.